The van der Waals surface area contributed by atoms with Crippen LogP contribution in [-0.2, 0) is 7.05 Å². The van der Waals surface area contributed by atoms with E-state index >= 15 is 0 Å². The van der Waals surface area contributed by atoms with Crippen LogP contribution in [0, 0.1) is 6.92 Å². The number of urea groups is 1. The summed E-state index contributed by atoms with van der Waals surface area (Å²) in [7, 11) is 1.93. The summed E-state index contributed by atoms with van der Waals surface area (Å²) in [6, 6.07) is 3.36. The number of carbonyl (C=O) groups excluding carboxylic acids is 1. The first kappa shape index (κ1) is 14.9. The minimum absolute atomic E-state index is 0.262. The molecule has 0 unspecified atom stereocenters. The van der Waals surface area contributed by atoms with Crippen LogP contribution >= 0.6 is 23.4 Å². The van der Waals surface area contributed by atoms with Gasteiger partial charge in [0.25, 0.3) is 0 Å². The number of carbonyl (C=O) groups is 1. The monoisotopic (exact) mass is 335 g/mol. The van der Waals surface area contributed by atoms with Crippen molar-refractivity contribution in [1.29, 1.82) is 0 Å². The normalized spacial score (nSPS) is 14.3. The number of benzene rings is 1. The number of nitrogens with zero attached hydrogens (tertiary/aromatic N) is 4. The molecule has 0 bridgehead atoms. The molecule has 2 amide bonds. The molecule has 0 saturated carbocycles. The summed E-state index contributed by atoms with van der Waals surface area (Å²) in [5.74, 6) is 0. The topological polar surface area (TPSA) is 62.5 Å². The molecule has 1 aromatic heterocycles. The smallest absolute Gasteiger partial charge is 0.331 e. The van der Waals surface area contributed by atoms with Crippen molar-refractivity contribution >= 4 is 41.3 Å². The van der Waals surface area contributed by atoms with Crippen LogP contribution in [0.15, 0.2) is 39.7 Å². The maximum Gasteiger partial charge on any atom is 0.342 e. The van der Waals surface area contributed by atoms with E-state index in [1.165, 1.54) is 16.8 Å². The van der Waals surface area contributed by atoms with Gasteiger partial charge in [-0.25, -0.2) is 9.78 Å². The lowest BCUT2D eigenvalue weighted by Gasteiger charge is -2.22. The van der Waals surface area contributed by atoms with Crippen LogP contribution < -0.4 is 10.3 Å². The molecule has 1 aliphatic rings. The summed E-state index contributed by atoms with van der Waals surface area (Å²) in [4.78, 5) is 17.0. The fourth-order valence-electron chi connectivity index (χ4n) is 2.07. The molecule has 3 rings (SSSR count). The zero-order valence-corrected chi connectivity index (χ0v) is 13.6. The van der Waals surface area contributed by atoms with Crippen molar-refractivity contribution in [3.05, 3.63) is 35.1 Å². The molecule has 0 saturated heterocycles. The number of aryl methyl sites for hydroxylation is 2. The first-order valence-electron chi connectivity index (χ1n) is 6.62. The van der Waals surface area contributed by atoms with Gasteiger partial charge in [-0.3, -0.25) is 0 Å². The molecule has 1 aliphatic heterocycles. The van der Waals surface area contributed by atoms with Crippen LogP contribution in [0.3, 0.4) is 0 Å². The van der Waals surface area contributed by atoms with Crippen LogP contribution in [0.1, 0.15) is 5.56 Å². The molecular weight excluding hydrogens is 322 g/mol. The number of halogens is 1. The third-order valence-electron chi connectivity index (χ3n) is 3.16. The highest BCUT2D eigenvalue weighted by Gasteiger charge is 2.20. The number of aromatic nitrogens is 2. The standard InChI is InChI=1S/C14H14ClN5OS/c1-9-7-10(20-13(21)16-3-4-18-20)8-11(15)12(9)22-14-17-5-6-19(14)2/h4-8H,3H2,1-2H3,(H,16,21). The highest BCUT2D eigenvalue weighted by atomic mass is 35.5. The molecule has 0 aliphatic carbocycles. The van der Waals surface area contributed by atoms with E-state index in [9.17, 15) is 4.79 Å². The fourth-order valence-corrected chi connectivity index (χ4v) is 3.33. The Hall–Kier alpha value is -1.99. The summed E-state index contributed by atoms with van der Waals surface area (Å²) < 4.78 is 1.93. The number of amides is 2. The Morgan fingerprint density at radius 1 is 1.41 bits per heavy atom. The van der Waals surface area contributed by atoms with Gasteiger partial charge in [-0.15, -0.1) is 0 Å². The molecule has 0 spiro atoms. The number of hydrogen-bond acceptors (Lipinski definition) is 4. The Bertz CT molecular complexity index is 734. The van der Waals surface area contributed by atoms with Gasteiger partial charge < -0.3 is 9.88 Å². The maximum atomic E-state index is 11.8. The van der Waals surface area contributed by atoms with E-state index in [-0.39, 0.29) is 6.03 Å². The molecular formula is C14H14ClN5OS. The van der Waals surface area contributed by atoms with Crippen LogP contribution in [-0.4, -0.2) is 28.3 Å². The van der Waals surface area contributed by atoms with Crippen molar-refractivity contribution in [2.45, 2.75) is 17.0 Å². The SMILES string of the molecule is Cc1cc(N2N=CCNC2=O)cc(Cl)c1Sc1nccn1C. The minimum atomic E-state index is -0.262. The summed E-state index contributed by atoms with van der Waals surface area (Å²) in [6.07, 6.45) is 5.26. The van der Waals surface area contributed by atoms with E-state index in [1.54, 1.807) is 18.5 Å². The third kappa shape index (κ3) is 2.82. The number of rotatable bonds is 3. The van der Waals surface area contributed by atoms with E-state index < -0.39 is 0 Å². The lowest BCUT2D eigenvalue weighted by atomic mass is 10.2. The quantitative estimate of drug-likeness (QED) is 0.937. The largest absolute Gasteiger partial charge is 0.342 e. The van der Waals surface area contributed by atoms with Gasteiger partial charge in [0.05, 0.1) is 17.3 Å². The summed E-state index contributed by atoms with van der Waals surface area (Å²) in [6.45, 7) is 2.39. The van der Waals surface area contributed by atoms with Gasteiger partial charge in [0.15, 0.2) is 5.16 Å². The average Bonchev–Trinajstić information content (AvgIpc) is 2.88. The minimum Gasteiger partial charge on any atom is -0.331 e. The number of anilines is 1. The van der Waals surface area contributed by atoms with Gasteiger partial charge >= 0.3 is 6.03 Å². The van der Waals surface area contributed by atoms with Gasteiger partial charge in [-0.2, -0.15) is 10.1 Å². The lowest BCUT2D eigenvalue weighted by Crippen LogP contribution is -2.41. The molecule has 22 heavy (non-hydrogen) atoms. The van der Waals surface area contributed by atoms with Crippen molar-refractivity contribution in [1.82, 2.24) is 14.9 Å². The van der Waals surface area contributed by atoms with E-state index in [1.807, 2.05) is 30.8 Å². The van der Waals surface area contributed by atoms with Crippen LogP contribution in [0.25, 0.3) is 0 Å². The average molecular weight is 336 g/mol. The summed E-state index contributed by atoms with van der Waals surface area (Å²) in [5.41, 5.74) is 1.60. The highest BCUT2D eigenvalue weighted by molar-refractivity contribution is 7.99. The Morgan fingerprint density at radius 3 is 2.86 bits per heavy atom. The molecule has 0 atom stereocenters. The highest BCUT2D eigenvalue weighted by Crippen LogP contribution is 2.37. The molecule has 8 heteroatoms. The van der Waals surface area contributed by atoms with Crippen LogP contribution in [0.5, 0.6) is 0 Å². The van der Waals surface area contributed by atoms with Gasteiger partial charge in [0.1, 0.15) is 0 Å². The Balaban J connectivity index is 1.94. The van der Waals surface area contributed by atoms with E-state index in [0.29, 0.717) is 17.3 Å². The van der Waals surface area contributed by atoms with E-state index in [0.717, 1.165) is 15.6 Å². The van der Waals surface area contributed by atoms with Crippen molar-refractivity contribution < 1.29 is 4.79 Å². The first-order valence-corrected chi connectivity index (χ1v) is 7.81. The van der Waals surface area contributed by atoms with Crippen molar-refractivity contribution in [2.24, 2.45) is 12.1 Å². The Labute approximate surface area is 137 Å². The summed E-state index contributed by atoms with van der Waals surface area (Å²) in [5, 5.41) is 9.52. The maximum absolute atomic E-state index is 11.8. The van der Waals surface area contributed by atoms with Crippen LogP contribution in [0.4, 0.5) is 10.5 Å². The van der Waals surface area contributed by atoms with Crippen molar-refractivity contribution in [3.63, 3.8) is 0 Å². The number of imidazole rings is 1. The fraction of sp³-hybridized carbons (Fsp3) is 0.214. The molecule has 1 aromatic carbocycles. The molecule has 0 fully saturated rings. The summed E-state index contributed by atoms with van der Waals surface area (Å²) >= 11 is 7.90. The van der Waals surface area contributed by atoms with Gasteiger partial charge in [0, 0.05) is 30.6 Å². The first-order chi connectivity index (χ1) is 10.6. The predicted molar refractivity (Wildman–Crippen MR) is 87.9 cm³/mol. The van der Waals surface area contributed by atoms with Gasteiger partial charge in [-0.05, 0) is 36.4 Å². The van der Waals surface area contributed by atoms with E-state index in [2.05, 4.69) is 15.4 Å². The molecule has 1 N–H and O–H groups in total. The molecule has 114 valence electrons. The third-order valence-corrected chi connectivity index (χ3v) is 4.90. The second-order valence-corrected chi connectivity index (χ2v) is 6.18. The number of hydrazone groups is 1. The van der Waals surface area contributed by atoms with Crippen LogP contribution in [0.2, 0.25) is 5.02 Å². The predicted octanol–water partition coefficient (Wildman–Crippen LogP) is 3.05. The Kier molecular flexibility index (Phi) is 4.08. The van der Waals surface area contributed by atoms with E-state index in [4.69, 9.17) is 11.6 Å². The van der Waals surface area contributed by atoms with Crippen molar-refractivity contribution in [2.75, 3.05) is 11.6 Å². The second-order valence-electron chi connectivity index (χ2n) is 4.79. The molecule has 6 nitrogen and oxygen atoms in total. The van der Waals surface area contributed by atoms with Crippen molar-refractivity contribution in [3.8, 4) is 0 Å². The molecule has 0 radical (unpaired) electrons. The lowest BCUT2D eigenvalue weighted by molar-refractivity contribution is 0.247. The zero-order valence-electron chi connectivity index (χ0n) is 12.1. The van der Waals surface area contributed by atoms with Gasteiger partial charge in [0.2, 0.25) is 0 Å². The van der Waals surface area contributed by atoms with Gasteiger partial charge in [-0.1, -0.05) is 11.6 Å². The number of hydrogen-bond donors (Lipinski definition) is 1. The zero-order chi connectivity index (χ0) is 15.7. The molecule has 2 heterocycles. The second kappa shape index (κ2) is 6.02. The molecule has 2 aromatic rings. The number of nitrogens with one attached hydrogen (secondary N) is 1. The Morgan fingerprint density at radius 2 is 2.23 bits per heavy atom.